The molecule has 1 aromatic heterocycles. The number of rotatable bonds is 1. The second-order valence-electron chi connectivity index (χ2n) is 4.37. The predicted molar refractivity (Wildman–Crippen MR) is 57.0 cm³/mol. The number of halogens is 3. The summed E-state index contributed by atoms with van der Waals surface area (Å²) in [6.45, 7) is 2.56. The van der Waals surface area contributed by atoms with Crippen molar-refractivity contribution in [3.05, 3.63) is 5.82 Å². The first-order chi connectivity index (χ1) is 8.05. The zero-order valence-electron chi connectivity index (χ0n) is 8.87. The molecule has 0 aromatic carbocycles. The predicted octanol–water partition coefficient (Wildman–Crippen LogP) is 1.35. The number of anilines is 1. The first-order valence-electron chi connectivity index (χ1n) is 5.44. The molecule has 3 heterocycles. The summed E-state index contributed by atoms with van der Waals surface area (Å²) in [5.74, 6) is -0.486. The van der Waals surface area contributed by atoms with Crippen LogP contribution in [0.3, 0.4) is 0 Å². The lowest BCUT2D eigenvalue weighted by atomic mass is 10.1. The number of alkyl halides is 3. The molecular formula is C9H11F3N4S. The van der Waals surface area contributed by atoms with Crippen molar-refractivity contribution in [3.63, 3.8) is 0 Å². The summed E-state index contributed by atoms with van der Waals surface area (Å²) >= 11 is 0.840. The summed E-state index contributed by atoms with van der Waals surface area (Å²) in [4.78, 5) is 5.56. The van der Waals surface area contributed by atoms with E-state index in [0.29, 0.717) is 11.0 Å². The van der Waals surface area contributed by atoms with E-state index in [1.54, 1.807) is 0 Å². The summed E-state index contributed by atoms with van der Waals surface area (Å²) in [7, 11) is 0. The Labute approximate surface area is 100 Å². The van der Waals surface area contributed by atoms with Gasteiger partial charge in [0.15, 0.2) is 0 Å². The van der Waals surface area contributed by atoms with Crippen molar-refractivity contribution in [1.29, 1.82) is 0 Å². The van der Waals surface area contributed by atoms with E-state index in [0.717, 1.165) is 37.6 Å². The highest BCUT2D eigenvalue weighted by Crippen LogP contribution is 2.35. The monoisotopic (exact) mass is 264 g/mol. The molecule has 0 unspecified atom stereocenters. The number of fused-ring (bicyclic) bond motifs is 1. The van der Waals surface area contributed by atoms with Gasteiger partial charge in [-0.3, -0.25) is 0 Å². The SMILES string of the molecule is FC(F)(F)c1nsc(N2CC[C@H]3CNC[C@H]32)n1. The Balaban J connectivity index is 1.83. The quantitative estimate of drug-likeness (QED) is 0.831. The van der Waals surface area contributed by atoms with Crippen molar-refractivity contribution in [2.75, 3.05) is 24.5 Å². The minimum Gasteiger partial charge on any atom is -0.342 e. The van der Waals surface area contributed by atoms with Gasteiger partial charge < -0.3 is 10.2 Å². The van der Waals surface area contributed by atoms with Crippen LogP contribution in [0.5, 0.6) is 0 Å². The van der Waals surface area contributed by atoms with Crippen LogP contribution in [0.2, 0.25) is 0 Å². The van der Waals surface area contributed by atoms with Gasteiger partial charge in [-0.25, -0.2) is 0 Å². The Morgan fingerprint density at radius 1 is 1.35 bits per heavy atom. The second kappa shape index (κ2) is 3.81. The third-order valence-electron chi connectivity index (χ3n) is 3.36. The van der Waals surface area contributed by atoms with Crippen LogP contribution in [0.15, 0.2) is 0 Å². The lowest BCUT2D eigenvalue weighted by molar-refractivity contribution is -0.144. The van der Waals surface area contributed by atoms with Crippen molar-refractivity contribution < 1.29 is 13.2 Å². The summed E-state index contributed by atoms with van der Waals surface area (Å²) in [6.07, 6.45) is -3.43. The molecule has 0 spiro atoms. The van der Waals surface area contributed by atoms with Crippen LogP contribution in [-0.2, 0) is 6.18 Å². The van der Waals surface area contributed by atoms with Crippen LogP contribution in [0.25, 0.3) is 0 Å². The van der Waals surface area contributed by atoms with Gasteiger partial charge in [-0.05, 0) is 12.3 Å². The first-order valence-corrected chi connectivity index (χ1v) is 6.21. The fourth-order valence-electron chi connectivity index (χ4n) is 2.53. The van der Waals surface area contributed by atoms with Crippen LogP contribution >= 0.6 is 11.5 Å². The minimum absolute atomic E-state index is 0.282. The maximum atomic E-state index is 12.4. The normalized spacial score (nSPS) is 28.8. The maximum Gasteiger partial charge on any atom is 0.452 e. The fraction of sp³-hybridized carbons (Fsp3) is 0.778. The van der Waals surface area contributed by atoms with E-state index in [-0.39, 0.29) is 6.04 Å². The van der Waals surface area contributed by atoms with Crippen LogP contribution in [0.1, 0.15) is 12.2 Å². The maximum absolute atomic E-state index is 12.4. The van der Waals surface area contributed by atoms with E-state index < -0.39 is 12.0 Å². The molecule has 1 aromatic rings. The topological polar surface area (TPSA) is 41.1 Å². The standard InChI is InChI=1S/C9H11F3N4S/c10-9(11,12)7-14-8(17-15-7)16-2-1-5-3-13-4-6(5)16/h5-6,13H,1-4H2/t5-,6+/m0/s1. The molecule has 2 fully saturated rings. The molecule has 0 bridgehead atoms. The average molecular weight is 264 g/mol. The van der Waals surface area contributed by atoms with Gasteiger partial charge in [0.1, 0.15) is 0 Å². The zero-order chi connectivity index (χ0) is 12.0. The van der Waals surface area contributed by atoms with E-state index in [2.05, 4.69) is 14.7 Å². The molecular weight excluding hydrogens is 253 g/mol. The summed E-state index contributed by atoms with van der Waals surface area (Å²) in [5, 5.41) is 3.65. The van der Waals surface area contributed by atoms with Gasteiger partial charge in [-0.15, -0.1) is 0 Å². The largest absolute Gasteiger partial charge is 0.452 e. The number of nitrogens with zero attached hydrogens (tertiary/aromatic N) is 3. The number of hydrogen-bond donors (Lipinski definition) is 1. The molecule has 2 aliphatic rings. The molecule has 0 amide bonds. The molecule has 3 rings (SSSR count). The van der Waals surface area contributed by atoms with Crippen molar-refractivity contribution in [2.45, 2.75) is 18.6 Å². The summed E-state index contributed by atoms with van der Waals surface area (Å²) in [5.41, 5.74) is 0. The molecule has 0 aliphatic carbocycles. The molecule has 0 radical (unpaired) electrons. The highest BCUT2D eigenvalue weighted by molar-refractivity contribution is 7.09. The fourth-order valence-corrected chi connectivity index (χ4v) is 3.31. The van der Waals surface area contributed by atoms with Crippen LogP contribution in [0, 0.1) is 5.92 Å². The lowest BCUT2D eigenvalue weighted by Gasteiger charge is -2.21. The number of hydrogen-bond acceptors (Lipinski definition) is 5. The van der Waals surface area contributed by atoms with Crippen molar-refractivity contribution in [1.82, 2.24) is 14.7 Å². The average Bonchev–Trinajstić information content (AvgIpc) is 2.91. The number of aromatic nitrogens is 2. The Bertz CT molecular complexity index is 419. The highest BCUT2D eigenvalue weighted by atomic mass is 32.1. The van der Waals surface area contributed by atoms with Crippen LogP contribution in [-0.4, -0.2) is 35.0 Å². The Kier molecular flexibility index (Phi) is 2.51. The lowest BCUT2D eigenvalue weighted by Crippen LogP contribution is -2.34. The first kappa shape index (κ1) is 11.2. The Hall–Kier alpha value is -0.890. The minimum atomic E-state index is -4.44. The Morgan fingerprint density at radius 3 is 2.88 bits per heavy atom. The smallest absolute Gasteiger partial charge is 0.342 e. The van der Waals surface area contributed by atoms with E-state index in [9.17, 15) is 13.2 Å². The molecule has 2 atom stereocenters. The van der Waals surface area contributed by atoms with Crippen molar-refractivity contribution in [2.24, 2.45) is 5.92 Å². The van der Waals surface area contributed by atoms with Gasteiger partial charge in [0, 0.05) is 37.2 Å². The van der Waals surface area contributed by atoms with Gasteiger partial charge in [0.2, 0.25) is 11.0 Å². The van der Waals surface area contributed by atoms with E-state index >= 15 is 0 Å². The van der Waals surface area contributed by atoms with Gasteiger partial charge in [0.25, 0.3) is 0 Å². The van der Waals surface area contributed by atoms with Gasteiger partial charge in [-0.2, -0.15) is 22.5 Å². The zero-order valence-corrected chi connectivity index (χ0v) is 9.68. The Morgan fingerprint density at radius 2 is 2.18 bits per heavy atom. The van der Waals surface area contributed by atoms with Crippen molar-refractivity contribution in [3.8, 4) is 0 Å². The summed E-state index contributed by atoms with van der Waals surface area (Å²) < 4.78 is 40.6. The molecule has 0 saturated carbocycles. The van der Waals surface area contributed by atoms with Crippen molar-refractivity contribution >= 4 is 16.7 Å². The van der Waals surface area contributed by atoms with E-state index in [1.165, 1.54) is 0 Å². The molecule has 8 heteroatoms. The molecule has 2 saturated heterocycles. The molecule has 94 valence electrons. The van der Waals surface area contributed by atoms with Gasteiger partial charge in [0.05, 0.1) is 0 Å². The summed E-state index contributed by atoms with van der Waals surface area (Å²) in [6, 6.07) is 0.282. The third-order valence-corrected chi connectivity index (χ3v) is 4.11. The molecule has 2 aliphatic heterocycles. The number of nitrogens with one attached hydrogen (secondary N) is 1. The third kappa shape index (κ3) is 1.89. The van der Waals surface area contributed by atoms with Gasteiger partial charge >= 0.3 is 6.18 Å². The molecule has 1 N–H and O–H groups in total. The van der Waals surface area contributed by atoms with Crippen LogP contribution < -0.4 is 10.2 Å². The second-order valence-corrected chi connectivity index (χ2v) is 5.10. The highest BCUT2D eigenvalue weighted by Gasteiger charge is 2.41. The molecule has 17 heavy (non-hydrogen) atoms. The van der Waals surface area contributed by atoms with Gasteiger partial charge in [-0.1, -0.05) is 0 Å². The van der Waals surface area contributed by atoms with Crippen LogP contribution in [0.4, 0.5) is 18.3 Å². The van der Waals surface area contributed by atoms with E-state index in [1.807, 2.05) is 4.90 Å². The molecule has 4 nitrogen and oxygen atoms in total. The van der Waals surface area contributed by atoms with E-state index in [4.69, 9.17) is 0 Å².